The molecule has 1 aromatic carbocycles. The van der Waals surface area contributed by atoms with Crippen molar-refractivity contribution in [2.24, 2.45) is 0 Å². The third kappa shape index (κ3) is 4.74. The van der Waals surface area contributed by atoms with Crippen LogP contribution in [0.4, 0.5) is 5.13 Å². The highest BCUT2D eigenvalue weighted by atomic mass is 32.1. The SMILES string of the molecule is CC(=O)NCc1ccc(-c2nc(NC(=O)c3ccn(-c4cccc(C#N)c4)n3)sc2C)s1. The Kier molecular flexibility index (Phi) is 6.11. The van der Waals surface area contributed by atoms with Crippen molar-refractivity contribution in [2.45, 2.75) is 20.4 Å². The Morgan fingerprint density at radius 1 is 1.19 bits per heavy atom. The van der Waals surface area contributed by atoms with E-state index in [9.17, 15) is 9.59 Å². The quantitative estimate of drug-likeness (QED) is 0.447. The van der Waals surface area contributed by atoms with Gasteiger partial charge in [0.1, 0.15) is 0 Å². The summed E-state index contributed by atoms with van der Waals surface area (Å²) in [5.41, 5.74) is 2.27. The third-order valence-corrected chi connectivity index (χ3v) is 6.46. The summed E-state index contributed by atoms with van der Waals surface area (Å²) < 4.78 is 1.55. The summed E-state index contributed by atoms with van der Waals surface area (Å²) in [6.45, 7) is 3.92. The number of nitriles is 1. The lowest BCUT2D eigenvalue weighted by atomic mass is 10.2. The van der Waals surface area contributed by atoms with Crippen molar-refractivity contribution in [3.05, 3.63) is 69.7 Å². The molecule has 0 aliphatic rings. The van der Waals surface area contributed by atoms with Crippen LogP contribution in [0.2, 0.25) is 0 Å². The Labute approximate surface area is 192 Å². The number of carbonyl (C=O) groups excluding carboxylic acids is 2. The number of amides is 2. The van der Waals surface area contributed by atoms with Gasteiger partial charge in [-0.15, -0.1) is 22.7 Å². The minimum absolute atomic E-state index is 0.0741. The molecule has 0 saturated carbocycles. The second-order valence-electron chi connectivity index (χ2n) is 6.86. The molecule has 0 bridgehead atoms. The summed E-state index contributed by atoms with van der Waals surface area (Å²) in [6.07, 6.45) is 1.67. The van der Waals surface area contributed by atoms with Crippen LogP contribution < -0.4 is 10.6 Å². The summed E-state index contributed by atoms with van der Waals surface area (Å²) in [4.78, 5) is 31.3. The van der Waals surface area contributed by atoms with Gasteiger partial charge < -0.3 is 5.32 Å². The highest BCUT2D eigenvalue weighted by molar-refractivity contribution is 7.18. The molecule has 10 heteroatoms. The zero-order valence-electron chi connectivity index (χ0n) is 17.2. The molecule has 3 aromatic heterocycles. The monoisotopic (exact) mass is 462 g/mol. The van der Waals surface area contributed by atoms with E-state index in [1.807, 2.05) is 25.1 Å². The van der Waals surface area contributed by atoms with Crippen LogP contribution >= 0.6 is 22.7 Å². The van der Waals surface area contributed by atoms with E-state index in [2.05, 4.69) is 26.8 Å². The van der Waals surface area contributed by atoms with Gasteiger partial charge in [-0.1, -0.05) is 6.07 Å². The molecule has 0 fully saturated rings. The minimum Gasteiger partial charge on any atom is -0.351 e. The van der Waals surface area contributed by atoms with E-state index in [1.54, 1.807) is 46.5 Å². The molecular formula is C22H18N6O2S2. The van der Waals surface area contributed by atoms with Crippen LogP contribution in [0, 0.1) is 18.3 Å². The molecule has 0 atom stereocenters. The van der Waals surface area contributed by atoms with E-state index in [0.717, 1.165) is 20.3 Å². The molecule has 0 spiro atoms. The Bertz CT molecular complexity index is 1340. The first-order chi connectivity index (χ1) is 15.4. The van der Waals surface area contributed by atoms with E-state index in [0.29, 0.717) is 22.9 Å². The normalized spacial score (nSPS) is 10.5. The van der Waals surface area contributed by atoms with Crippen LogP contribution in [0.5, 0.6) is 0 Å². The number of thiazole rings is 1. The largest absolute Gasteiger partial charge is 0.351 e. The predicted molar refractivity (Wildman–Crippen MR) is 124 cm³/mol. The molecule has 2 N–H and O–H groups in total. The molecule has 160 valence electrons. The maximum atomic E-state index is 12.7. The van der Waals surface area contributed by atoms with Crippen LogP contribution in [-0.2, 0) is 11.3 Å². The molecule has 2 amide bonds. The van der Waals surface area contributed by atoms with Crippen LogP contribution in [0.15, 0.2) is 48.7 Å². The topological polar surface area (TPSA) is 113 Å². The smallest absolute Gasteiger partial charge is 0.277 e. The van der Waals surface area contributed by atoms with E-state index in [4.69, 9.17) is 5.26 Å². The van der Waals surface area contributed by atoms with Gasteiger partial charge in [-0.2, -0.15) is 10.4 Å². The Hall–Kier alpha value is -3.81. The van der Waals surface area contributed by atoms with Crippen LogP contribution in [0.1, 0.15) is 32.7 Å². The summed E-state index contributed by atoms with van der Waals surface area (Å²) >= 11 is 2.94. The van der Waals surface area contributed by atoms with Crippen molar-refractivity contribution >= 4 is 39.6 Å². The molecule has 0 saturated heterocycles. The lowest BCUT2D eigenvalue weighted by molar-refractivity contribution is -0.119. The molecule has 8 nitrogen and oxygen atoms in total. The first-order valence-corrected chi connectivity index (χ1v) is 11.2. The van der Waals surface area contributed by atoms with Crippen LogP contribution in [0.25, 0.3) is 16.3 Å². The van der Waals surface area contributed by atoms with Crippen molar-refractivity contribution in [1.82, 2.24) is 20.1 Å². The second-order valence-corrected chi connectivity index (χ2v) is 9.23. The van der Waals surface area contributed by atoms with Gasteiger partial charge in [0.25, 0.3) is 5.91 Å². The lowest BCUT2D eigenvalue weighted by Crippen LogP contribution is -2.17. The van der Waals surface area contributed by atoms with E-state index in [-0.39, 0.29) is 17.5 Å². The van der Waals surface area contributed by atoms with Gasteiger partial charge in [0.15, 0.2) is 10.8 Å². The average Bonchev–Trinajstić information content (AvgIpc) is 3.52. The number of aryl methyl sites for hydroxylation is 1. The number of nitrogens with one attached hydrogen (secondary N) is 2. The van der Waals surface area contributed by atoms with Crippen LogP contribution in [0.3, 0.4) is 0 Å². The number of hydrogen-bond donors (Lipinski definition) is 2. The molecule has 0 unspecified atom stereocenters. The average molecular weight is 463 g/mol. The number of aromatic nitrogens is 3. The summed E-state index contributed by atoms with van der Waals surface area (Å²) in [6, 6.07) is 14.6. The fraction of sp³-hybridized carbons (Fsp3) is 0.136. The maximum absolute atomic E-state index is 12.7. The number of carbonyl (C=O) groups is 2. The molecule has 32 heavy (non-hydrogen) atoms. The van der Waals surface area contributed by atoms with Gasteiger partial charge in [-0.3, -0.25) is 14.9 Å². The van der Waals surface area contributed by atoms with E-state index >= 15 is 0 Å². The highest BCUT2D eigenvalue weighted by Gasteiger charge is 2.16. The zero-order chi connectivity index (χ0) is 22.7. The number of rotatable bonds is 6. The number of anilines is 1. The van der Waals surface area contributed by atoms with Gasteiger partial charge in [0.05, 0.1) is 34.4 Å². The first kappa shape index (κ1) is 21.4. The standard InChI is InChI=1S/C22H18N6O2S2/c1-13-20(19-7-6-17(32-19)12-24-14(2)29)25-22(31-13)26-21(30)18-8-9-28(27-18)16-5-3-4-15(10-16)11-23/h3-10H,12H2,1-2H3,(H,24,29)(H,25,26,30). The first-order valence-electron chi connectivity index (χ1n) is 9.61. The highest BCUT2D eigenvalue weighted by Crippen LogP contribution is 2.34. The van der Waals surface area contributed by atoms with Gasteiger partial charge in [0, 0.05) is 22.9 Å². The van der Waals surface area contributed by atoms with Crippen molar-refractivity contribution < 1.29 is 9.59 Å². The summed E-state index contributed by atoms with van der Waals surface area (Å²) in [5, 5.41) is 19.5. The van der Waals surface area contributed by atoms with Gasteiger partial charge in [0.2, 0.25) is 5.91 Å². The molecule has 4 aromatic rings. The Balaban J connectivity index is 1.47. The fourth-order valence-corrected chi connectivity index (χ4v) is 4.84. The molecule has 0 aliphatic carbocycles. The lowest BCUT2D eigenvalue weighted by Gasteiger charge is -2.01. The van der Waals surface area contributed by atoms with E-state index < -0.39 is 0 Å². The fourth-order valence-electron chi connectivity index (χ4n) is 2.96. The predicted octanol–water partition coefficient (Wildman–Crippen LogP) is 4.13. The Morgan fingerprint density at radius 2 is 2.03 bits per heavy atom. The minimum atomic E-state index is -0.363. The van der Waals surface area contributed by atoms with E-state index in [1.165, 1.54) is 18.3 Å². The summed E-state index contributed by atoms with van der Waals surface area (Å²) in [5.74, 6) is -0.437. The Morgan fingerprint density at radius 3 is 2.81 bits per heavy atom. The summed E-state index contributed by atoms with van der Waals surface area (Å²) in [7, 11) is 0. The molecule has 0 radical (unpaired) electrons. The molecular weight excluding hydrogens is 444 g/mol. The number of hydrogen-bond acceptors (Lipinski definition) is 7. The number of benzene rings is 1. The van der Waals surface area contributed by atoms with Gasteiger partial charge >= 0.3 is 0 Å². The van der Waals surface area contributed by atoms with Crippen molar-refractivity contribution in [3.8, 4) is 22.3 Å². The van der Waals surface area contributed by atoms with Gasteiger partial charge in [-0.25, -0.2) is 9.67 Å². The van der Waals surface area contributed by atoms with Crippen molar-refractivity contribution in [2.75, 3.05) is 5.32 Å². The van der Waals surface area contributed by atoms with Crippen molar-refractivity contribution in [1.29, 1.82) is 5.26 Å². The number of nitrogens with zero attached hydrogens (tertiary/aromatic N) is 4. The number of thiophene rings is 1. The van der Waals surface area contributed by atoms with Gasteiger partial charge in [-0.05, 0) is 43.3 Å². The van der Waals surface area contributed by atoms with Crippen molar-refractivity contribution in [3.63, 3.8) is 0 Å². The maximum Gasteiger partial charge on any atom is 0.277 e. The molecule has 4 rings (SSSR count). The molecule has 0 aliphatic heterocycles. The van der Waals surface area contributed by atoms with Crippen LogP contribution in [-0.4, -0.2) is 26.6 Å². The molecule has 3 heterocycles. The second kappa shape index (κ2) is 9.13. The third-order valence-electron chi connectivity index (χ3n) is 4.49. The zero-order valence-corrected chi connectivity index (χ0v) is 18.9.